The number of aliphatic carboxylic acids is 1. The Hall–Kier alpha value is -1.89. The van der Waals surface area contributed by atoms with Crippen LogP contribution in [0.1, 0.15) is 56.2 Å². The molecule has 0 spiro atoms. The lowest BCUT2D eigenvalue weighted by atomic mass is 10.1. The van der Waals surface area contributed by atoms with Gasteiger partial charge in [-0.1, -0.05) is 6.92 Å². The Morgan fingerprint density at radius 1 is 1.38 bits per heavy atom. The molecular formula is C17H29N3O4. The number of aromatic nitrogens is 2. The minimum absolute atomic E-state index is 0.163. The second-order valence-corrected chi connectivity index (χ2v) is 6.22. The molecule has 1 rings (SSSR count). The monoisotopic (exact) mass is 339 g/mol. The molecule has 0 saturated heterocycles. The lowest BCUT2D eigenvalue weighted by molar-refractivity contribution is -0.141. The first-order chi connectivity index (χ1) is 11.3. The van der Waals surface area contributed by atoms with E-state index in [4.69, 9.17) is 9.84 Å². The van der Waals surface area contributed by atoms with Gasteiger partial charge in [0.2, 0.25) is 0 Å². The third kappa shape index (κ3) is 5.33. The lowest BCUT2D eigenvalue weighted by Crippen LogP contribution is -2.38. The number of carboxylic acid groups (broad SMARTS) is 1. The van der Waals surface area contributed by atoms with Crippen LogP contribution < -0.4 is 0 Å². The number of rotatable bonds is 10. The van der Waals surface area contributed by atoms with Gasteiger partial charge in [-0.2, -0.15) is 5.10 Å². The Labute approximate surface area is 143 Å². The van der Waals surface area contributed by atoms with Crippen LogP contribution in [0.4, 0.5) is 0 Å². The molecule has 7 heteroatoms. The summed E-state index contributed by atoms with van der Waals surface area (Å²) in [6.07, 6.45) is 2.24. The first-order valence-corrected chi connectivity index (χ1v) is 8.43. The Morgan fingerprint density at radius 3 is 2.54 bits per heavy atom. The van der Waals surface area contributed by atoms with Gasteiger partial charge in [-0.15, -0.1) is 0 Å². The van der Waals surface area contributed by atoms with Gasteiger partial charge in [-0.3, -0.25) is 14.3 Å². The Kier molecular flexibility index (Phi) is 7.91. The maximum atomic E-state index is 12.9. The fraction of sp³-hybridized carbons (Fsp3) is 0.706. The summed E-state index contributed by atoms with van der Waals surface area (Å²) in [5, 5.41) is 13.4. The zero-order valence-electron chi connectivity index (χ0n) is 15.3. The van der Waals surface area contributed by atoms with Gasteiger partial charge in [0.05, 0.1) is 17.7 Å². The van der Waals surface area contributed by atoms with E-state index in [-0.39, 0.29) is 18.5 Å². The Morgan fingerprint density at radius 2 is 2.04 bits per heavy atom. The number of carboxylic acids is 1. The van der Waals surface area contributed by atoms with E-state index in [1.165, 1.54) is 0 Å². The molecule has 1 atom stereocenters. The van der Waals surface area contributed by atoms with Crippen molar-refractivity contribution in [3.8, 4) is 0 Å². The highest BCUT2D eigenvalue weighted by Gasteiger charge is 2.24. The molecule has 0 aliphatic heterocycles. The van der Waals surface area contributed by atoms with Crippen molar-refractivity contribution < 1.29 is 19.4 Å². The van der Waals surface area contributed by atoms with Crippen molar-refractivity contribution in [2.45, 2.75) is 47.1 Å². The van der Waals surface area contributed by atoms with Gasteiger partial charge < -0.3 is 14.7 Å². The minimum Gasteiger partial charge on any atom is -0.481 e. The van der Waals surface area contributed by atoms with Gasteiger partial charge in [0.1, 0.15) is 0 Å². The average Bonchev–Trinajstić information content (AvgIpc) is 2.91. The van der Waals surface area contributed by atoms with Crippen molar-refractivity contribution in [2.75, 3.05) is 26.3 Å². The molecule has 0 aromatic carbocycles. The summed E-state index contributed by atoms with van der Waals surface area (Å²) in [5.41, 5.74) is 1.32. The van der Waals surface area contributed by atoms with Gasteiger partial charge in [0.15, 0.2) is 0 Å². The molecule has 1 amide bonds. The highest BCUT2D eigenvalue weighted by Crippen LogP contribution is 2.16. The van der Waals surface area contributed by atoms with Crippen molar-refractivity contribution in [2.24, 2.45) is 5.92 Å². The van der Waals surface area contributed by atoms with Crippen LogP contribution >= 0.6 is 0 Å². The molecule has 1 heterocycles. The Bertz CT molecular complexity index is 554. The molecule has 0 fully saturated rings. The van der Waals surface area contributed by atoms with E-state index in [1.54, 1.807) is 22.7 Å². The predicted molar refractivity (Wildman–Crippen MR) is 91.2 cm³/mol. The fourth-order valence-electron chi connectivity index (χ4n) is 2.51. The van der Waals surface area contributed by atoms with E-state index in [0.29, 0.717) is 31.7 Å². The highest BCUT2D eigenvalue weighted by atomic mass is 16.5. The number of carbonyl (C=O) groups is 2. The first kappa shape index (κ1) is 20.2. The van der Waals surface area contributed by atoms with Crippen molar-refractivity contribution in [1.82, 2.24) is 14.7 Å². The van der Waals surface area contributed by atoms with E-state index >= 15 is 0 Å². The molecule has 0 aliphatic rings. The largest absolute Gasteiger partial charge is 0.481 e. The molecular weight excluding hydrogens is 310 g/mol. The molecule has 1 N–H and O–H groups in total. The number of carbonyl (C=O) groups excluding carboxylic acids is 1. The van der Waals surface area contributed by atoms with Crippen LogP contribution in [-0.2, 0) is 9.53 Å². The first-order valence-electron chi connectivity index (χ1n) is 8.43. The quantitative estimate of drug-likeness (QED) is 0.662. The van der Waals surface area contributed by atoms with Gasteiger partial charge in [0.25, 0.3) is 5.91 Å². The van der Waals surface area contributed by atoms with Crippen LogP contribution in [0.25, 0.3) is 0 Å². The summed E-state index contributed by atoms with van der Waals surface area (Å²) in [7, 11) is 0. The lowest BCUT2D eigenvalue weighted by Gasteiger charge is -2.24. The van der Waals surface area contributed by atoms with Crippen molar-refractivity contribution in [3.63, 3.8) is 0 Å². The summed E-state index contributed by atoms with van der Waals surface area (Å²) in [6, 6.07) is 0.163. The molecule has 1 aromatic rings. The second kappa shape index (κ2) is 9.42. The van der Waals surface area contributed by atoms with Crippen LogP contribution in [-0.4, -0.2) is 58.0 Å². The standard InChI is InChI=1S/C17H29N3O4/c1-6-24-9-7-8-19(11-13(4)17(22)23)16(21)15-10-18-20(12(2)3)14(15)5/h10,12-13H,6-9,11H2,1-5H3,(H,22,23). The van der Waals surface area contributed by atoms with Crippen LogP contribution in [0.3, 0.4) is 0 Å². The molecule has 136 valence electrons. The third-order valence-electron chi connectivity index (χ3n) is 3.89. The summed E-state index contributed by atoms with van der Waals surface area (Å²) in [5.74, 6) is -1.71. The molecule has 1 unspecified atom stereocenters. The fourth-order valence-corrected chi connectivity index (χ4v) is 2.51. The predicted octanol–water partition coefficient (Wildman–Crippen LogP) is 2.36. The van der Waals surface area contributed by atoms with E-state index < -0.39 is 11.9 Å². The smallest absolute Gasteiger partial charge is 0.308 e. The van der Waals surface area contributed by atoms with E-state index in [9.17, 15) is 9.59 Å². The summed E-state index contributed by atoms with van der Waals surface area (Å²) in [4.78, 5) is 25.6. The van der Waals surface area contributed by atoms with E-state index in [2.05, 4.69) is 5.10 Å². The number of hydrogen-bond acceptors (Lipinski definition) is 4. The second-order valence-electron chi connectivity index (χ2n) is 6.22. The number of hydrogen-bond donors (Lipinski definition) is 1. The van der Waals surface area contributed by atoms with Gasteiger partial charge in [-0.25, -0.2) is 0 Å². The minimum atomic E-state index is -0.910. The van der Waals surface area contributed by atoms with E-state index in [1.807, 2.05) is 27.7 Å². The van der Waals surface area contributed by atoms with Crippen LogP contribution in [0.2, 0.25) is 0 Å². The van der Waals surface area contributed by atoms with Crippen LogP contribution in [0.5, 0.6) is 0 Å². The summed E-state index contributed by atoms with van der Waals surface area (Å²) < 4.78 is 7.11. The number of ether oxygens (including phenoxy) is 1. The van der Waals surface area contributed by atoms with Gasteiger partial charge in [0, 0.05) is 38.0 Å². The maximum Gasteiger partial charge on any atom is 0.308 e. The third-order valence-corrected chi connectivity index (χ3v) is 3.89. The van der Waals surface area contributed by atoms with Crippen molar-refractivity contribution in [1.29, 1.82) is 0 Å². The topological polar surface area (TPSA) is 84.7 Å². The maximum absolute atomic E-state index is 12.9. The molecule has 0 bridgehead atoms. The summed E-state index contributed by atoms with van der Waals surface area (Å²) >= 11 is 0. The zero-order valence-corrected chi connectivity index (χ0v) is 15.3. The van der Waals surface area contributed by atoms with Crippen molar-refractivity contribution in [3.05, 3.63) is 17.5 Å². The Balaban J connectivity index is 2.91. The zero-order chi connectivity index (χ0) is 18.3. The van der Waals surface area contributed by atoms with Gasteiger partial charge in [-0.05, 0) is 34.1 Å². The van der Waals surface area contributed by atoms with Gasteiger partial charge >= 0.3 is 5.97 Å². The number of amides is 1. The molecule has 24 heavy (non-hydrogen) atoms. The number of nitrogens with zero attached hydrogens (tertiary/aromatic N) is 3. The molecule has 0 aliphatic carbocycles. The molecule has 0 saturated carbocycles. The summed E-state index contributed by atoms with van der Waals surface area (Å²) in [6.45, 7) is 11.2. The molecule has 1 aromatic heterocycles. The molecule has 7 nitrogen and oxygen atoms in total. The average molecular weight is 339 g/mol. The normalized spacial score (nSPS) is 12.4. The highest BCUT2D eigenvalue weighted by molar-refractivity contribution is 5.95. The molecule has 0 radical (unpaired) electrons. The SMILES string of the molecule is CCOCCCN(CC(C)C(=O)O)C(=O)c1cnn(C(C)C)c1C. The van der Waals surface area contributed by atoms with E-state index in [0.717, 1.165) is 5.69 Å². The van der Waals surface area contributed by atoms with Crippen LogP contribution in [0.15, 0.2) is 6.20 Å². The van der Waals surface area contributed by atoms with Crippen LogP contribution in [0, 0.1) is 12.8 Å². The van der Waals surface area contributed by atoms with Crippen molar-refractivity contribution >= 4 is 11.9 Å².